The second kappa shape index (κ2) is 62.6. The zero-order valence-corrected chi connectivity index (χ0v) is 66.3. The lowest BCUT2D eigenvalue weighted by Gasteiger charge is -2.26. The van der Waals surface area contributed by atoms with Gasteiger partial charge in [-0.25, -0.2) is 14.4 Å². The molecule has 10 atom stereocenters. The lowest BCUT2D eigenvalue weighted by molar-refractivity contribution is -0.142. The van der Waals surface area contributed by atoms with Gasteiger partial charge in [0.2, 0.25) is 5.91 Å². The Bertz CT molecular complexity index is 2680. The number of carbonyl (C=O) groups excluding carboxylic acids is 8. The first-order valence-corrected chi connectivity index (χ1v) is 34.0. The molecule has 0 bridgehead atoms. The number of carboxylic acid groups (broad SMARTS) is 2. The highest BCUT2D eigenvalue weighted by Crippen LogP contribution is 2.30. The normalized spacial score (nSPS) is 16.9. The molecule has 1 unspecified atom stereocenters. The van der Waals surface area contributed by atoms with Gasteiger partial charge in [-0.15, -0.1) is 29.4 Å². The van der Waals surface area contributed by atoms with Crippen molar-refractivity contribution >= 4 is 95.3 Å². The maximum Gasteiger partial charge on any atom is 0.410 e. The van der Waals surface area contributed by atoms with E-state index in [1.54, 1.807) is 72.6 Å². The van der Waals surface area contributed by atoms with Crippen LogP contribution in [-0.2, 0) is 70.1 Å². The number of benzene rings is 2. The van der Waals surface area contributed by atoms with Crippen LogP contribution < -0.4 is 39.3 Å². The Morgan fingerprint density at radius 2 is 1.23 bits per heavy atom. The lowest BCUT2D eigenvalue weighted by Crippen LogP contribution is -2.41. The third kappa shape index (κ3) is 60.6. The molecule has 602 valence electrons. The number of ketones is 1. The second-order valence-corrected chi connectivity index (χ2v) is 26.7. The molecule has 3 aliphatic heterocycles. The summed E-state index contributed by atoms with van der Waals surface area (Å²) in [5.74, 6) is -2.29. The number of cyclic esters (lactones) is 2. The van der Waals surface area contributed by atoms with Crippen molar-refractivity contribution in [3.05, 3.63) is 77.4 Å². The predicted molar refractivity (Wildman–Crippen MR) is 407 cm³/mol. The fourth-order valence-electron chi connectivity index (χ4n) is 7.94. The molecule has 0 radical (unpaired) electrons. The SMILES string of the molecule is Br.CC(C)(C)OC(=O)N1CCC[C@@H]1C=O.CC(C)(C)OC(=O)N[C@@H](C=O)Cc1ccccc1.CCCC(=O)CC(=O)N[C@H]1CCOC1=O.CC[C@H](C)[C@H](N)CO.CN(C)CC(=O)O.CN(C)CC(=O)O.C[C@@H](O)[C@H](N)CO.C[C@H](N)CO.Cl.NC1CCOC1=O.N[C@H](CO)CC1=CCc2ccccc21. The molecule has 19 N–H and O–H groups in total. The van der Waals surface area contributed by atoms with Crippen molar-refractivity contribution in [2.24, 2.45) is 34.6 Å². The van der Waals surface area contributed by atoms with E-state index < -0.39 is 65.3 Å². The first kappa shape index (κ1) is 108. The van der Waals surface area contributed by atoms with Gasteiger partial charge in [-0.1, -0.05) is 87.9 Å². The number of fused-ring (bicyclic) bond motifs is 1. The first-order valence-electron chi connectivity index (χ1n) is 34.0. The zero-order valence-electron chi connectivity index (χ0n) is 63.7. The number of ether oxygens (including phenoxy) is 4. The van der Waals surface area contributed by atoms with Crippen LogP contribution in [0, 0.1) is 5.92 Å². The maximum atomic E-state index is 11.6. The number of hydrogen-bond acceptors (Lipinski definition) is 26. The minimum absolute atomic E-state index is 0. The van der Waals surface area contributed by atoms with E-state index in [0.717, 1.165) is 56.7 Å². The van der Waals surface area contributed by atoms with E-state index in [4.69, 9.17) is 73.9 Å². The number of likely N-dealkylation sites (tertiary alicyclic amines) is 1. The van der Waals surface area contributed by atoms with E-state index in [0.29, 0.717) is 51.4 Å². The largest absolute Gasteiger partial charge is 0.480 e. The monoisotopic (exact) mass is 1570 g/mol. The molecule has 2 aromatic carbocycles. The number of amides is 3. The topological polar surface area (TPSA) is 513 Å². The number of aldehydes is 2. The van der Waals surface area contributed by atoms with Crippen LogP contribution >= 0.6 is 29.4 Å². The number of likely N-dealkylation sites (N-methyl/N-ethyl adjacent to an activating group) is 2. The summed E-state index contributed by atoms with van der Waals surface area (Å²) in [5.41, 5.74) is 30.4. The fraction of sp³-hybridized carbons (Fsp3) is 0.662. The minimum Gasteiger partial charge on any atom is -0.480 e. The van der Waals surface area contributed by atoms with E-state index in [2.05, 4.69) is 51.3 Å². The molecule has 3 heterocycles. The second-order valence-electron chi connectivity index (χ2n) is 26.7. The Hall–Kier alpha value is -6.63. The molecule has 4 aliphatic rings. The van der Waals surface area contributed by atoms with Gasteiger partial charge in [-0.3, -0.25) is 38.7 Å². The van der Waals surface area contributed by atoms with Gasteiger partial charge >= 0.3 is 36.1 Å². The maximum absolute atomic E-state index is 11.6. The molecule has 0 aromatic heterocycles. The number of aliphatic carboxylic acids is 2. The van der Waals surface area contributed by atoms with Crippen molar-refractivity contribution in [3.63, 3.8) is 0 Å². The van der Waals surface area contributed by atoms with Gasteiger partial charge in [0.1, 0.15) is 41.6 Å². The van der Waals surface area contributed by atoms with Crippen molar-refractivity contribution in [2.75, 3.05) is 87.5 Å². The summed E-state index contributed by atoms with van der Waals surface area (Å²) in [5, 5.41) is 63.3. The van der Waals surface area contributed by atoms with Gasteiger partial charge in [0.25, 0.3) is 0 Å². The van der Waals surface area contributed by atoms with Crippen LogP contribution in [-0.4, -0.2) is 264 Å². The van der Waals surface area contributed by atoms with Crippen molar-refractivity contribution < 1.29 is 103 Å². The van der Waals surface area contributed by atoms with Crippen LogP contribution in [0.4, 0.5) is 9.59 Å². The number of carboxylic acids is 2. The number of aliphatic hydroxyl groups is 5. The number of esters is 2. The van der Waals surface area contributed by atoms with Crippen molar-refractivity contribution in [1.82, 2.24) is 25.3 Å². The summed E-state index contributed by atoms with van der Waals surface area (Å²) in [7, 11) is 6.87. The number of carbonyl (C=O) groups is 10. The summed E-state index contributed by atoms with van der Waals surface area (Å²) >= 11 is 0. The van der Waals surface area contributed by atoms with E-state index in [1.807, 2.05) is 71.0 Å². The number of rotatable bonds is 23. The summed E-state index contributed by atoms with van der Waals surface area (Å²) in [6.45, 7) is 21.8. The highest BCUT2D eigenvalue weighted by atomic mass is 79.9. The van der Waals surface area contributed by atoms with E-state index in [9.17, 15) is 47.9 Å². The molecule has 104 heavy (non-hydrogen) atoms. The summed E-state index contributed by atoms with van der Waals surface area (Å²) in [6.07, 6.45) is 9.26. The van der Waals surface area contributed by atoms with Crippen molar-refractivity contribution in [3.8, 4) is 0 Å². The lowest BCUT2D eigenvalue weighted by atomic mass is 10.0. The van der Waals surface area contributed by atoms with Crippen LogP contribution in [0.3, 0.4) is 0 Å². The third-order valence-corrected chi connectivity index (χ3v) is 13.6. The van der Waals surface area contributed by atoms with E-state index >= 15 is 0 Å². The molecule has 0 spiro atoms. The molecule has 6 rings (SSSR count). The van der Waals surface area contributed by atoms with Gasteiger partial charge in [0.05, 0.1) is 83.4 Å². The predicted octanol–water partition coefficient (Wildman–Crippen LogP) is 3.31. The van der Waals surface area contributed by atoms with E-state index in [1.165, 1.54) is 21.6 Å². The number of hydrogen-bond donors (Lipinski definition) is 14. The average molecular weight is 1570 g/mol. The molecule has 0 saturated carbocycles. The van der Waals surface area contributed by atoms with Gasteiger partial charge in [0, 0.05) is 43.9 Å². The number of alkyl carbamates (subject to hydrolysis) is 1. The quantitative estimate of drug-likeness (QED) is 0.0328. The van der Waals surface area contributed by atoms with Crippen LogP contribution in [0.2, 0.25) is 0 Å². The Morgan fingerprint density at radius 3 is 1.59 bits per heavy atom. The van der Waals surface area contributed by atoms with Crippen LogP contribution in [0.25, 0.3) is 5.57 Å². The van der Waals surface area contributed by atoms with Crippen LogP contribution in [0.1, 0.15) is 151 Å². The highest BCUT2D eigenvalue weighted by molar-refractivity contribution is 8.93. The van der Waals surface area contributed by atoms with Crippen molar-refractivity contribution in [2.45, 2.75) is 212 Å². The molecule has 3 amide bonds. The van der Waals surface area contributed by atoms with Gasteiger partial charge in [0.15, 0.2) is 0 Å². The third-order valence-electron chi connectivity index (χ3n) is 13.6. The highest BCUT2D eigenvalue weighted by Gasteiger charge is 2.32. The molecule has 33 heteroatoms. The molecule has 3 saturated heterocycles. The standard InChI is InChI=1S/C14H19NO3.C12H15NO.C10H15NO4.C10H17NO3.C6H15NO.C4H7NO2.2C4H9NO2.C4H11NO2.C3H9NO.BrH.ClH/c1-14(2,3)18-13(17)15-12(10-16)9-11-7-5-4-6-8-11;13-11(8-14)7-10-6-5-9-3-1-2-4-12(9)10;1-2-3-7(12)6-9(13)11-8-4-5-15-10(8)14;1-10(2,3)14-9(13)11-6-4-5-8(11)7-12;1-3-5(2)6(7)4-8;5-3-1-2-7-4(3)6;2*1-5(2)3-4(6)7;1-3(7)4(5)2-6;1-3(4)2-5;;/h4-8,10,12H,9H2,1-3H3,(H,15,17);1-4,6,11,14H,5,7-8,13H2;8H,2-6H2,1H3,(H,11,13);7-8H,4-6H2,1-3H3;5-6,8H,3-4,7H2,1-2H3;3H,1-2,5H2;2*3H2,1-2H3,(H,6,7);3-4,6-7H,2,5H2,1H3;3,5H,2,4H2,1H3;2*1H/t12-;11-;2*8-;5-,6+;;;;3-,4-;3-;;/m10010...10../s1. The van der Waals surface area contributed by atoms with Gasteiger partial charge in [-0.2, -0.15) is 0 Å². The summed E-state index contributed by atoms with van der Waals surface area (Å²) < 4.78 is 19.5. The molecular formula is C71H128BrClN10O21. The average Bonchev–Trinajstić information content (AvgIpc) is 1.69. The molecule has 31 nitrogen and oxygen atoms in total. The van der Waals surface area contributed by atoms with Crippen LogP contribution in [0.5, 0.6) is 0 Å². The number of allylic oxidation sites excluding steroid dienone is 1. The Labute approximate surface area is 632 Å². The zero-order chi connectivity index (χ0) is 79.3. The molecule has 1 aliphatic carbocycles. The van der Waals surface area contributed by atoms with Crippen molar-refractivity contribution in [1.29, 1.82) is 0 Å². The molecule has 2 aromatic rings. The number of nitrogens with two attached hydrogens (primary N) is 5. The Balaban J connectivity index is -0.000000262. The van der Waals surface area contributed by atoms with Gasteiger partial charge in [-0.05, 0) is 150 Å². The number of nitrogens with zero attached hydrogens (tertiary/aromatic N) is 3. The van der Waals surface area contributed by atoms with E-state index in [-0.39, 0.29) is 123 Å². The Kier molecular flexibility index (Phi) is 65.2. The number of halogens is 2. The minimum atomic E-state index is -0.787. The Morgan fingerprint density at radius 1 is 0.721 bits per heavy atom. The smallest absolute Gasteiger partial charge is 0.410 e. The number of Topliss-reactive ketones (excluding diaryl/α,β-unsaturated/α-hetero) is 1. The first-order chi connectivity index (χ1) is 47.5. The molecular weight excluding hydrogens is 1440 g/mol. The van der Waals surface area contributed by atoms with Crippen LogP contribution in [0.15, 0.2) is 60.7 Å². The fourth-order valence-corrected chi connectivity index (χ4v) is 7.94. The number of nitrogens with one attached hydrogen (secondary N) is 2. The molecule has 3 fully saturated rings. The summed E-state index contributed by atoms with van der Waals surface area (Å²) in [6, 6.07) is 15.4. The number of aliphatic hydroxyl groups excluding tert-OH is 5. The van der Waals surface area contributed by atoms with Gasteiger partial charge < -0.3 is 104 Å². The summed E-state index contributed by atoms with van der Waals surface area (Å²) in [4.78, 5) is 113.